The van der Waals surface area contributed by atoms with Gasteiger partial charge < -0.3 is 4.90 Å². The van der Waals surface area contributed by atoms with Crippen molar-refractivity contribution in [3.8, 4) is 0 Å². The quantitative estimate of drug-likeness (QED) is 0.108. The predicted octanol–water partition coefficient (Wildman–Crippen LogP) is 11.8. The zero-order valence-electron chi connectivity index (χ0n) is 32.2. The molecule has 0 atom stereocenters. The highest BCUT2D eigenvalue weighted by molar-refractivity contribution is 7.89. The molecule has 0 spiro atoms. The third kappa shape index (κ3) is 12.3. The fraction of sp³-hybridized carbons (Fsp3) is 0.674. The maximum atomic E-state index is 13.6. The maximum absolute atomic E-state index is 13.6. The number of anilines is 1. The number of hydrogen-bond acceptors (Lipinski definition) is 3. The average molecular weight is 679 g/mol. The zero-order valence-corrected chi connectivity index (χ0v) is 33.0. The molecule has 0 amide bonds. The van der Waals surface area contributed by atoms with Crippen LogP contribution in [0.5, 0.6) is 0 Å². The fourth-order valence-corrected chi connectivity index (χ4v) is 8.70. The summed E-state index contributed by atoms with van der Waals surface area (Å²) in [7, 11) is 2.53. The Balaban J connectivity index is 1.46. The lowest BCUT2D eigenvalue weighted by Crippen LogP contribution is -2.31. The van der Waals surface area contributed by atoms with E-state index in [-0.39, 0.29) is 17.1 Å². The van der Waals surface area contributed by atoms with Gasteiger partial charge in [0.25, 0.3) is 0 Å². The summed E-state index contributed by atoms with van der Waals surface area (Å²) in [5.74, 6) is 0.337. The SMILES string of the molecule is CCCCCCCCCCCCCCCCCCN(C)S(=O)(=O)CC(=CC(C)C)C1=CC2=Cc3ccc(N(C)C)cc3C(C)(C)C2=CC1. The molecule has 2 aliphatic rings. The van der Waals surface area contributed by atoms with E-state index in [0.29, 0.717) is 6.54 Å². The van der Waals surface area contributed by atoms with E-state index in [1.807, 2.05) is 0 Å². The molecule has 3 rings (SSSR count). The van der Waals surface area contributed by atoms with Gasteiger partial charge in [-0.3, -0.25) is 0 Å². The third-order valence-electron chi connectivity index (χ3n) is 10.5. The van der Waals surface area contributed by atoms with Crippen molar-refractivity contribution in [2.45, 2.75) is 149 Å². The Hall–Kier alpha value is -2.11. The average Bonchev–Trinajstić information content (AvgIpc) is 3.03. The number of nitrogens with zero attached hydrogens (tertiary/aromatic N) is 2. The van der Waals surface area contributed by atoms with E-state index in [2.05, 4.69) is 96.1 Å². The maximum Gasteiger partial charge on any atom is 0.218 e. The van der Waals surface area contributed by atoms with Crippen LogP contribution in [0.15, 0.2) is 58.7 Å². The second-order valence-electron chi connectivity index (χ2n) is 15.7. The van der Waals surface area contributed by atoms with Crippen LogP contribution in [-0.4, -0.2) is 46.2 Å². The molecule has 0 aliphatic heterocycles. The standard InChI is InChI=1S/C43H70N2O2S/c1-9-10-11-12-13-14-15-16-17-18-19-20-21-22-23-24-29-45(8)48(46,47)34-39(30-35(2)3)36-26-28-41-38(31-36)32-37-25-27-40(44(6)7)33-42(37)43(41,4)5/h25,27-28,30-33,35H,9-24,26,29,34H2,1-8H3. The number of allylic oxidation sites excluding steroid dienone is 6. The number of rotatable bonds is 23. The van der Waals surface area contributed by atoms with Gasteiger partial charge in [-0.1, -0.05) is 155 Å². The highest BCUT2D eigenvalue weighted by Crippen LogP contribution is 2.47. The van der Waals surface area contributed by atoms with Gasteiger partial charge in [0.05, 0.1) is 5.75 Å². The molecule has 270 valence electrons. The first kappa shape index (κ1) is 40.3. The van der Waals surface area contributed by atoms with E-state index in [1.165, 1.54) is 118 Å². The molecule has 0 aromatic heterocycles. The minimum Gasteiger partial charge on any atom is -0.378 e. The molecule has 5 heteroatoms. The molecule has 0 heterocycles. The molecule has 1 aromatic rings. The zero-order chi connectivity index (χ0) is 35.2. The summed E-state index contributed by atoms with van der Waals surface area (Å²) >= 11 is 0. The first-order valence-electron chi connectivity index (χ1n) is 19.5. The number of unbranched alkanes of at least 4 members (excludes halogenated alkanes) is 15. The molecule has 0 bridgehead atoms. The summed E-state index contributed by atoms with van der Waals surface area (Å²) in [6, 6.07) is 6.72. The predicted molar refractivity (Wildman–Crippen MR) is 211 cm³/mol. The van der Waals surface area contributed by atoms with Crippen LogP contribution in [0, 0.1) is 5.92 Å². The Morgan fingerprint density at radius 3 is 1.88 bits per heavy atom. The van der Waals surface area contributed by atoms with Crippen molar-refractivity contribution >= 4 is 21.8 Å². The smallest absolute Gasteiger partial charge is 0.218 e. The third-order valence-corrected chi connectivity index (χ3v) is 12.3. The molecule has 4 nitrogen and oxygen atoms in total. The Kier molecular flexibility index (Phi) is 16.7. The summed E-state index contributed by atoms with van der Waals surface area (Å²) in [6.07, 6.45) is 31.0. The van der Waals surface area contributed by atoms with Gasteiger partial charge in [0, 0.05) is 38.8 Å². The number of sulfonamides is 1. The van der Waals surface area contributed by atoms with E-state index in [1.54, 1.807) is 11.4 Å². The molecule has 0 saturated carbocycles. The molecule has 0 fully saturated rings. The highest BCUT2D eigenvalue weighted by Gasteiger charge is 2.35. The molecule has 2 aliphatic carbocycles. The molecule has 0 N–H and O–H groups in total. The molecule has 1 aromatic carbocycles. The van der Waals surface area contributed by atoms with Crippen LogP contribution in [0.25, 0.3) is 6.08 Å². The van der Waals surface area contributed by atoms with Crippen LogP contribution in [0.2, 0.25) is 0 Å². The lowest BCUT2D eigenvalue weighted by atomic mass is 9.67. The summed E-state index contributed by atoms with van der Waals surface area (Å²) in [4.78, 5) is 2.16. The van der Waals surface area contributed by atoms with Gasteiger partial charge in [-0.2, -0.15) is 0 Å². The van der Waals surface area contributed by atoms with Crippen molar-refractivity contribution in [2.24, 2.45) is 5.92 Å². The first-order valence-corrected chi connectivity index (χ1v) is 21.1. The Morgan fingerprint density at radius 1 is 0.812 bits per heavy atom. The second kappa shape index (κ2) is 19.9. The summed E-state index contributed by atoms with van der Waals surface area (Å²) in [5.41, 5.74) is 8.31. The van der Waals surface area contributed by atoms with Gasteiger partial charge >= 0.3 is 0 Å². The number of benzene rings is 1. The number of fused-ring (bicyclic) bond motifs is 2. The summed E-state index contributed by atoms with van der Waals surface area (Å²) in [6.45, 7) is 11.8. The van der Waals surface area contributed by atoms with Crippen LogP contribution in [0.1, 0.15) is 155 Å². The Labute approximate surface area is 296 Å². The minimum atomic E-state index is -3.41. The van der Waals surface area contributed by atoms with Crippen molar-refractivity contribution in [3.05, 3.63) is 69.8 Å². The first-order chi connectivity index (χ1) is 22.9. The lowest BCUT2D eigenvalue weighted by molar-refractivity contribution is 0.449. The normalized spacial score (nSPS) is 16.0. The molecule has 0 unspecified atom stereocenters. The largest absolute Gasteiger partial charge is 0.378 e. The lowest BCUT2D eigenvalue weighted by Gasteiger charge is -2.38. The van der Waals surface area contributed by atoms with Gasteiger partial charge in [-0.15, -0.1) is 0 Å². The van der Waals surface area contributed by atoms with E-state index in [0.717, 1.165) is 30.4 Å². The van der Waals surface area contributed by atoms with Gasteiger partial charge in [0.1, 0.15) is 0 Å². The van der Waals surface area contributed by atoms with Crippen LogP contribution in [0.4, 0.5) is 5.69 Å². The molecular weight excluding hydrogens is 609 g/mol. The monoisotopic (exact) mass is 679 g/mol. The molecular formula is C43H70N2O2S. The van der Waals surface area contributed by atoms with Gasteiger partial charge in [0.2, 0.25) is 10.0 Å². The number of hydrogen-bond donors (Lipinski definition) is 0. The van der Waals surface area contributed by atoms with Gasteiger partial charge in [-0.25, -0.2) is 12.7 Å². The molecule has 0 radical (unpaired) electrons. The van der Waals surface area contributed by atoms with Gasteiger partial charge in [0.15, 0.2) is 0 Å². The minimum absolute atomic E-state index is 0.0645. The Morgan fingerprint density at radius 2 is 1.35 bits per heavy atom. The summed E-state index contributed by atoms with van der Waals surface area (Å²) < 4.78 is 28.8. The van der Waals surface area contributed by atoms with Crippen molar-refractivity contribution in [1.29, 1.82) is 0 Å². The second-order valence-corrected chi connectivity index (χ2v) is 17.8. The van der Waals surface area contributed by atoms with Crippen LogP contribution >= 0.6 is 0 Å². The van der Waals surface area contributed by atoms with E-state index in [9.17, 15) is 8.42 Å². The van der Waals surface area contributed by atoms with E-state index in [4.69, 9.17) is 0 Å². The van der Waals surface area contributed by atoms with E-state index >= 15 is 0 Å². The highest BCUT2D eigenvalue weighted by atomic mass is 32.2. The molecule has 48 heavy (non-hydrogen) atoms. The topological polar surface area (TPSA) is 40.6 Å². The van der Waals surface area contributed by atoms with Crippen molar-refractivity contribution in [1.82, 2.24) is 4.31 Å². The Bertz CT molecular complexity index is 1380. The van der Waals surface area contributed by atoms with Crippen LogP contribution < -0.4 is 4.90 Å². The van der Waals surface area contributed by atoms with Crippen molar-refractivity contribution in [3.63, 3.8) is 0 Å². The van der Waals surface area contributed by atoms with Crippen molar-refractivity contribution in [2.75, 3.05) is 38.3 Å². The van der Waals surface area contributed by atoms with Gasteiger partial charge in [-0.05, 0) is 70.4 Å². The molecule has 0 saturated heterocycles. The fourth-order valence-electron chi connectivity index (χ4n) is 7.39. The van der Waals surface area contributed by atoms with Crippen LogP contribution in [0.3, 0.4) is 0 Å². The van der Waals surface area contributed by atoms with Crippen molar-refractivity contribution < 1.29 is 8.42 Å². The van der Waals surface area contributed by atoms with Crippen LogP contribution in [-0.2, 0) is 15.4 Å². The summed E-state index contributed by atoms with van der Waals surface area (Å²) in [5, 5.41) is 0. The van der Waals surface area contributed by atoms with E-state index < -0.39 is 10.0 Å².